The van der Waals surface area contributed by atoms with E-state index in [1.54, 1.807) is 7.05 Å². The Labute approximate surface area is 154 Å². The molecule has 142 valence electrons. The fraction of sp³-hybridized carbons (Fsp3) is 0.579. The van der Waals surface area contributed by atoms with Gasteiger partial charge < -0.3 is 25.0 Å². The van der Waals surface area contributed by atoms with Crippen LogP contribution in [0, 0.1) is 5.92 Å². The molecule has 0 radical (unpaired) electrons. The van der Waals surface area contributed by atoms with Crippen molar-refractivity contribution in [3.05, 3.63) is 23.8 Å². The molecule has 1 unspecified atom stereocenters. The number of ether oxygens (including phenoxy) is 2. The van der Waals surface area contributed by atoms with Crippen molar-refractivity contribution in [1.82, 2.24) is 15.5 Å². The van der Waals surface area contributed by atoms with Gasteiger partial charge in [0.25, 0.3) is 0 Å². The Balaban J connectivity index is 1.43. The van der Waals surface area contributed by atoms with Crippen LogP contribution in [0.25, 0.3) is 0 Å². The van der Waals surface area contributed by atoms with Gasteiger partial charge in [0.15, 0.2) is 17.5 Å². The molecule has 1 aromatic rings. The highest BCUT2D eigenvalue weighted by Gasteiger charge is 2.27. The summed E-state index contributed by atoms with van der Waals surface area (Å²) in [5, 5.41) is 6.76. The van der Waals surface area contributed by atoms with E-state index < -0.39 is 0 Å². The first-order valence-corrected chi connectivity index (χ1v) is 9.21. The molecule has 1 aromatic carbocycles. The Morgan fingerprint density at radius 3 is 2.92 bits per heavy atom. The maximum absolute atomic E-state index is 12.1. The Kier molecular flexibility index (Phi) is 5.85. The van der Waals surface area contributed by atoms with Gasteiger partial charge in [-0.05, 0) is 30.5 Å². The monoisotopic (exact) mass is 360 g/mol. The van der Waals surface area contributed by atoms with Crippen molar-refractivity contribution in [1.29, 1.82) is 0 Å². The topological polar surface area (TPSA) is 75.2 Å². The molecule has 1 amide bonds. The van der Waals surface area contributed by atoms with E-state index in [9.17, 15) is 4.79 Å². The molecule has 3 rings (SSSR count). The van der Waals surface area contributed by atoms with Crippen molar-refractivity contribution in [3.8, 4) is 11.5 Å². The first-order valence-electron chi connectivity index (χ1n) is 9.21. The van der Waals surface area contributed by atoms with E-state index in [1.807, 2.05) is 30.9 Å². The number of guanidine groups is 1. The number of aliphatic imine (C=N–C) groups is 1. The Bertz CT molecular complexity index is 675. The first-order chi connectivity index (χ1) is 12.6. The van der Waals surface area contributed by atoms with E-state index in [2.05, 4.69) is 21.7 Å². The van der Waals surface area contributed by atoms with Crippen molar-refractivity contribution < 1.29 is 14.3 Å². The van der Waals surface area contributed by atoms with E-state index >= 15 is 0 Å². The zero-order valence-corrected chi connectivity index (χ0v) is 15.7. The van der Waals surface area contributed by atoms with Crippen LogP contribution in [-0.4, -0.2) is 56.3 Å². The van der Waals surface area contributed by atoms with Crippen LogP contribution in [0.4, 0.5) is 0 Å². The third kappa shape index (κ3) is 4.39. The number of rotatable bonds is 5. The van der Waals surface area contributed by atoms with Crippen LogP contribution in [0.2, 0.25) is 0 Å². The van der Waals surface area contributed by atoms with E-state index in [1.165, 1.54) is 5.56 Å². The van der Waals surface area contributed by atoms with Crippen molar-refractivity contribution in [2.45, 2.75) is 32.7 Å². The minimum Gasteiger partial charge on any atom is -0.454 e. The Hall–Kier alpha value is -2.44. The molecule has 2 heterocycles. The second-order valence-electron chi connectivity index (χ2n) is 7.01. The molecule has 7 nitrogen and oxygen atoms in total. The number of likely N-dealkylation sites (tertiary alicyclic amines) is 1. The molecule has 2 N–H and O–H groups in total. The van der Waals surface area contributed by atoms with Gasteiger partial charge in [0, 0.05) is 38.6 Å². The number of nitrogens with zero attached hydrogens (tertiary/aromatic N) is 2. The normalized spacial score (nSPS) is 19.2. The zero-order chi connectivity index (χ0) is 18.5. The largest absolute Gasteiger partial charge is 0.454 e. The molecule has 7 heteroatoms. The first kappa shape index (κ1) is 18.4. The summed E-state index contributed by atoms with van der Waals surface area (Å²) in [4.78, 5) is 18.3. The average Bonchev–Trinajstić information content (AvgIpc) is 3.28. The molecule has 0 saturated carbocycles. The minimum absolute atomic E-state index is 0.0490. The maximum atomic E-state index is 12.1. The van der Waals surface area contributed by atoms with Crippen LogP contribution >= 0.6 is 0 Å². The highest BCUT2D eigenvalue weighted by atomic mass is 16.7. The van der Waals surface area contributed by atoms with Crippen LogP contribution in [-0.2, 0) is 11.2 Å². The summed E-state index contributed by atoms with van der Waals surface area (Å²) in [6, 6.07) is 6.27. The van der Waals surface area contributed by atoms with E-state index in [4.69, 9.17) is 9.47 Å². The van der Waals surface area contributed by atoms with Crippen molar-refractivity contribution in [2.75, 3.05) is 33.5 Å². The third-order valence-corrected chi connectivity index (χ3v) is 4.70. The van der Waals surface area contributed by atoms with Crippen LogP contribution in [0.5, 0.6) is 11.5 Å². The second-order valence-corrected chi connectivity index (χ2v) is 7.01. The molecular formula is C19H28N4O3. The summed E-state index contributed by atoms with van der Waals surface area (Å²) >= 11 is 0. The number of carbonyl (C=O) groups excluding carboxylic acids is 1. The molecule has 1 fully saturated rings. The fourth-order valence-corrected chi connectivity index (χ4v) is 3.25. The summed E-state index contributed by atoms with van der Waals surface area (Å²) < 4.78 is 10.7. The van der Waals surface area contributed by atoms with Gasteiger partial charge in [-0.25, -0.2) is 0 Å². The van der Waals surface area contributed by atoms with Gasteiger partial charge in [-0.15, -0.1) is 0 Å². The molecule has 0 aliphatic carbocycles. The number of fused-ring (bicyclic) bond motifs is 1. The van der Waals surface area contributed by atoms with Gasteiger partial charge >= 0.3 is 0 Å². The third-order valence-electron chi connectivity index (χ3n) is 4.70. The molecule has 0 bridgehead atoms. The number of carbonyl (C=O) groups is 1. The van der Waals surface area contributed by atoms with Crippen LogP contribution in [0.3, 0.4) is 0 Å². The minimum atomic E-state index is 0.0490. The molecule has 1 saturated heterocycles. The summed E-state index contributed by atoms with van der Waals surface area (Å²) in [7, 11) is 1.77. The number of hydrogen-bond donors (Lipinski definition) is 2. The van der Waals surface area contributed by atoms with Gasteiger partial charge in [0.2, 0.25) is 12.7 Å². The summed E-state index contributed by atoms with van der Waals surface area (Å²) in [6.07, 6.45) is 1.81. The van der Waals surface area contributed by atoms with E-state index in [-0.39, 0.29) is 17.9 Å². The lowest BCUT2D eigenvalue weighted by atomic mass is 10.1. The second kappa shape index (κ2) is 8.29. The lowest BCUT2D eigenvalue weighted by Gasteiger charge is -2.20. The molecule has 2 aliphatic rings. The lowest BCUT2D eigenvalue weighted by molar-refractivity contribution is -0.133. The number of amides is 1. The Morgan fingerprint density at radius 1 is 1.35 bits per heavy atom. The van der Waals surface area contributed by atoms with Gasteiger partial charge in [-0.2, -0.15) is 0 Å². The molecule has 2 aliphatic heterocycles. The summed E-state index contributed by atoms with van der Waals surface area (Å²) in [5.74, 6) is 2.66. The van der Waals surface area contributed by atoms with Gasteiger partial charge in [0.1, 0.15) is 0 Å². The zero-order valence-electron chi connectivity index (χ0n) is 15.7. The van der Waals surface area contributed by atoms with Crippen molar-refractivity contribution >= 4 is 11.9 Å². The number of nitrogens with one attached hydrogen (secondary N) is 2. The van der Waals surface area contributed by atoms with Crippen LogP contribution in [0.15, 0.2) is 23.2 Å². The predicted molar refractivity (Wildman–Crippen MR) is 101 cm³/mol. The molecule has 0 aromatic heterocycles. The van der Waals surface area contributed by atoms with Gasteiger partial charge in [0.05, 0.1) is 0 Å². The summed E-state index contributed by atoms with van der Waals surface area (Å²) in [6.45, 7) is 6.49. The lowest BCUT2D eigenvalue weighted by Crippen LogP contribution is -2.45. The number of benzene rings is 1. The molecule has 1 atom stereocenters. The standard InChI is InChI=1S/C19H28N4O3/c1-13(2)18(24)23-9-7-15(11-23)22-19(20-3)21-8-6-14-4-5-16-17(10-14)26-12-25-16/h4-5,10,13,15H,6-9,11-12H2,1-3H3,(H2,20,21,22). The maximum Gasteiger partial charge on any atom is 0.231 e. The fourth-order valence-electron chi connectivity index (χ4n) is 3.25. The smallest absolute Gasteiger partial charge is 0.231 e. The van der Waals surface area contributed by atoms with Gasteiger partial charge in [-0.1, -0.05) is 19.9 Å². The highest BCUT2D eigenvalue weighted by Crippen LogP contribution is 2.32. The van der Waals surface area contributed by atoms with Gasteiger partial charge in [-0.3, -0.25) is 9.79 Å². The van der Waals surface area contributed by atoms with Crippen molar-refractivity contribution in [3.63, 3.8) is 0 Å². The Morgan fingerprint density at radius 2 is 2.15 bits per heavy atom. The van der Waals surface area contributed by atoms with Crippen molar-refractivity contribution in [2.24, 2.45) is 10.9 Å². The average molecular weight is 360 g/mol. The number of hydrogen-bond acceptors (Lipinski definition) is 4. The van der Waals surface area contributed by atoms with Crippen LogP contribution < -0.4 is 20.1 Å². The molecule has 26 heavy (non-hydrogen) atoms. The van der Waals surface area contributed by atoms with E-state index in [0.717, 1.165) is 49.9 Å². The SMILES string of the molecule is CN=C(NCCc1ccc2c(c1)OCO2)NC1CCN(C(=O)C(C)C)C1. The van der Waals surface area contributed by atoms with Crippen LogP contribution in [0.1, 0.15) is 25.8 Å². The summed E-state index contributed by atoms with van der Waals surface area (Å²) in [5.41, 5.74) is 1.19. The molecular weight excluding hydrogens is 332 g/mol. The quantitative estimate of drug-likeness (QED) is 0.613. The predicted octanol–water partition coefficient (Wildman–Crippen LogP) is 1.38. The molecule has 0 spiro atoms. The highest BCUT2D eigenvalue weighted by molar-refractivity contribution is 5.81. The van der Waals surface area contributed by atoms with E-state index in [0.29, 0.717) is 6.79 Å².